The molecule has 0 aromatic heterocycles. The number of carboxylic acids is 1. The van der Waals surface area contributed by atoms with Crippen molar-refractivity contribution in [3.8, 4) is 11.1 Å². The predicted octanol–water partition coefficient (Wildman–Crippen LogP) is 1.85. The van der Waals surface area contributed by atoms with Crippen molar-refractivity contribution in [3.05, 3.63) is 54.1 Å². The van der Waals surface area contributed by atoms with Gasteiger partial charge in [0.25, 0.3) is 0 Å². The maximum absolute atomic E-state index is 11.0. The summed E-state index contributed by atoms with van der Waals surface area (Å²) in [6.07, 6.45) is 0. The van der Waals surface area contributed by atoms with E-state index in [9.17, 15) is 9.36 Å². The molecule has 2 aromatic rings. The molecule has 3 N–H and O–H groups in total. The first-order chi connectivity index (χ1) is 8.88. The highest BCUT2D eigenvalue weighted by atomic mass is 31.2. The lowest BCUT2D eigenvalue weighted by atomic mass is 10.0. The summed E-state index contributed by atoms with van der Waals surface area (Å²) in [4.78, 5) is 28.7. The van der Waals surface area contributed by atoms with Gasteiger partial charge in [-0.1, -0.05) is 24.3 Å². The number of benzene rings is 2. The average Bonchev–Trinajstić information content (AvgIpc) is 2.38. The van der Waals surface area contributed by atoms with Crippen LogP contribution >= 0.6 is 7.60 Å². The topological polar surface area (TPSA) is 94.8 Å². The van der Waals surface area contributed by atoms with Gasteiger partial charge in [0.2, 0.25) is 0 Å². The van der Waals surface area contributed by atoms with Crippen LogP contribution in [0.2, 0.25) is 0 Å². The molecule has 98 valence electrons. The molecule has 0 radical (unpaired) electrons. The van der Waals surface area contributed by atoms with Gasteiger partial charge in [0.05, 0.1) is 10.9 Å². The Morgan fingerprint density at radius 3 is 1.63 bits per heavy atom. The number of aromatic carboxylic acids is 1. The first-order valence-corrected chi connectivity index (χ1v) is 6.99. The maximum atomic E-state index is 11.0. The Labute approximate surface area is 109 Å². The minimum Gasteiger partial charge on any atom is -0.478 e. The molecule has 2 aromatic carbocycles. The lowest BCUT2D eigenvalue weighted by Crippen LogP contribution is -2.02. The van der Waals surface area contributed by atoms with Crippen molar-refractivity contribution in [1.82, 2.24) is 0 Å². The van der Waals surface area contributed by atoms with Gasteiger partial charge < -0.3 is 14.9 Å². The Hall–Kier alpha value is -1.94. The molecule has 0 aliphatic rings. The summed E-state index contributed by atoms with van der Waals surface area (Å²) in [6, 6.07) is 12.2. The molecule has 0 saturated heterocycles. The van der Waals surface area contributed by atoms with Crippen LogP contribution in [0.5, 0.6) is 0 Å². The monoisotopic (exact) mass is 278 g/mol. The molecule has 0 atom stereocenters. The van der Waals surface area contributed by atoms with Crippen LogP contribution in [0.15, 0.2) is 48.5 Å². The summed E-state index contributed by atoms with van der Waals surface area (Å²) >= 11 is 0. The average molecular weight is 278 g/mol. The lowest BCUT2D eigenvalue weighted by molar-refractivity contribution is 0.0697. The zero-order valence-electron chi connectivity index (χ0n) is 9.72. The fourth-order valence-corrected chi connectivity index (χ4v) is 2.19. The number of rotatable bonds is 3. The summed E-state index contributed by atoms with van der Waals surface area (Å²) in [5, 5.41) is 8.74. The number of carbonyl (C=O) groups is 1. The van der Waals surface area contributed by atoms with Crippen LogP contribution in [0, 0.1) is 0 Å². The van der Waals surface area contributed by atoms with E-state index in [1.54, 1.807) is 24.3 Å². The van der Waals surface area contributed by atoms with Crippen LogP contribution in [0.25, 0.3) is 11.1 Å². The highest BCUT2D eigenvalue weighted by molar-refractivity contribution is 7.60. The minimum absolute atomic E-state index is 0.0431. The van der Waals surface area contributed by atoms with E-state index in [1.807, 2.05) is 0 Å². The van der Waals surface area contributed by atoms with E-state index in [1.165, 1.54) is 24.3 Å². The molecule has 0 spiro atoms. The van der Waals surface area contributed by atoms with Gasteiger partial charge in [0, 0.05) is 0 Å². The highest BCUT2D eigenvalue weighted by Gasteiger charge is 2.16. The van der Waals surface area contributed by atoms with Crippen LogP contribution < -0.4 is 5.30 Å². The Morgan fingerprint density at radius 1 is 0.842 bits per heavy atom. The fraction of sp³-hybridized carbons (Fsp3) is 0. The Morgan fingerprint density at radius 2 is 1.26 bits per heavy atom. The largest absolute Gasteiger partial charge is 0.478 e. The van der Waals surface area contributed by atoms with Crippen LogP contribution in [0.3, 0.4) is 0 Å². The molecule has 2 rings (SSSR count). The summed E-state index contributed by atoms with van der Waals surface area (Å²) in [6.45, 7) is 0. The molecule has 0 unspecified atom stereocenters. The third-order valence-corrected chi connectivity index (χ3v) is 3.64. The van der Waals surface area contributed by atoms with Gasteiger partial charge in [0.1, 0.15) is 0 Å². The smallest absolute Gasteiger partial charge is 0.356 e. The number of hydrogen-bond acceptors (Lipinski definition) is 2. The van der Waals surface area contributed by atoms with Crippen molar-refractivity contribution in [2.24, 2.45) is 0 Å². The highest BCUT2D eigenvalue weighted by Crippen LogP contribution is 2.33. The quantitative estimate of drug-likeness (QED) is 0.745. The van der Waals surface area contributed by atoms with Gasteiger partial charge >= 0.3 is 13.6 Å². The van der Waals surface area contributed by atoms with Crippen molar-refractivity contribution in [1.29, 1.82) is 0 Å². The third kappa shape index (κ3) is 3.09. The van der Waals surface area contributed by atoms with E-state index in [0.717, 1.165) is 11.1 Å². The van der Waals surface area contributed by atoms with Crippen LogP contribution in [-0.4, -0.2) is 20.9 Å². The van der Waals surface area contributed by atoms with Crippen molar-refractivity contribution < 1.29 is 24.3 Å². The predicted molar refractivity (Wildman–Crippen MR) is 70.5 cm³/mol. The van der Waals surface area contributed by atoms with Crippen LogP contribution in [-0.2, 0) is 4.57 Å². The number of carboxylic acid groups (broad SMARTS) is 1. The zero-order chi connectivity index (χ0) is 14.0. The van der Waals surface area contributed by atoms with Crippen molar-refractivity contribution >= 4 is 18.9 Å². The van der Waals surface area contributed by atoms with E-state index in [2.05, 4.69) is 0 Å². The Balaban J connectivity index is 2.32. The molecule has 19 heavy (non-hydrogen) atoms. The second-order valence-corrected chi connectivity index (χ2v) is 5.58. The summed E-state index contributed by atoms with van der Waals surface area (Å²) < 4.78 is 11.0. The van der Waals surface area contributed by atoms with Gasteiger partial charge in [-0.25, -0.2) is 4.79 Å². The van der Waals surface area contributed by atoms with Crippen molar-refractivity contribution in [2.75, 3.05) is 0 Å². The molecule has 0 bridgehead atoms. The summed E-state index contributed by atoms with van der Waals surface area (Å²) in [7, 11) is -4.23. The Bertz CT molecular complexity index is 640. The first-order valence-electron chi connectivity index (χ1n) is 5.38. The molecule has 0 amide bonds. The molecule has 0 fully saturated rings. The van der Waals surface area contributed by atoms with Gasteiger partial charge in [-0.3, -0.25) is 4.57 Å². The van der Waals surface area contributed by atoms with Gasteiger partial charge in [-0.15, -0.1) is 0 Å². The number of hydrogen-bond donors (Lipinski definition) is 3. The molecule has 6 heteroatoms. The third-order valence-electron chi connectivity index (χ3n) is 2.67. The lowest BCUT2D eigenvalue weighted by Gasteiger charge is -2.06. The molecule has 0 saturated carbocycles. The van der Waals surface area contributed by atoms with Crippen LogP contribution in [0.1, 0.15) is 10.4 Å². The fourth-order valence-electron chi connectivity index (χ4n) is 1.65. The van der Waals surface area contributed by atoms with E-state index < -0.39 is 13.6 Å². The van der Waals surface area contributed by atoms with E-state index >= 15 is 0 Å². The van der Waals surface area contributed by atoms with Crippen molar-refractivity contribution in [2.45, 2.75) is 0 Å². The maximum Gasteiger partial charge on any atom is 0.356 e. The van der Waals surface area contributed by atoms with Crippen LogP contribution in [0.4, 0.5) is 0 Å². The minimum atomic E-state index is -4.23. The molecule has 5 nitrogen and oxygen atoms in total. The molecule has 0 aliphatic carbocycles. The van der Waals surface area contributed by atoms with Gasteiger partial charge in [0.15, 0.2) is 0 Å². The van der Waals surface area contributed by atoms with Crippen molar-refractivity contribution in [3.63, 3.8) is 0 Å². The zero-order valence-corrected chi connectivity index (χ0v) is 10.6. The molecular weight excluding hydrogens is 267 g/mol. The van der Waals surface area contributed by atoms with Gasteiger partial charge in [-0.05, 0) is 35.4 Å². The van der Waals surface area contributed by atoms with E-state index in [-0.39, 0.29) is 10.9 Å². The SMILES string of the molecule is O=C(O)c1ccc(-c2ccc(P(=O)(O)O)cc2)cc1. The second kappa shape index (κ2) is 4.97. The normalized spacial score (nSPS) is 11.3. The van der Waals surface area contributed by atoms with Gasteiger partial charge in [-0.2, -0.15) is 0 Å². The second-order valence-electron chi connectivity index (χ2n) is 3.97. The van der Waals surface area contributed by atoms with E-state index in [0.29, 0.717) is 0 Å². The summed E-state index contributed by atoms with van der Waals surface area (Å²) in [5.41, 5.74) is 1.73. The first kappa shape index (κ1) is 13.5. The Kier molecular flexibility index (Phi) is 3.53. The van der Waals surface area contributed by atoms with E-state index in [4.69, 9.17) is 14.9 Å². The summed E-state index contributed by atoms with van der Waals surface area (Å²) in [5.74, 6) is -0.997. The standard InChI is InChI=1S/C13H11O5P/c14-13(15)11-3-1-9(2-4-11)10-5-7-12(8-6-10)19(16,17)18/h1-8H,(H,14,15)(H2,16,17,18). The molecular formula is C13H11O5P. The molecule has 0 heterocycles. The molecule has 0 aliphatic heterocycles.